The Balaban J connectivity index is 1.70. The highest BCUT2D eigenvalue weighted by Crippen LogP contribution is 2.29. The van der Waals surface area contributed by atoms with Gasteiger partial charge in [-0.15, -0.1) is 0 Å². The number of ether oxygens (including phenoxy) is 2. The zero-order valence-corrected chi connectivity index (χ0v) is 19.9. The third kappa shape index (κ3) is 5.30. The standard InChI is InChI=1S/C21H20BrIN2O4/c1-4-12(2)28-17-6-5-13(7-18(17)27-3)11-24-25-21(26)19-9-14-8-15(22)10-16(23)20(14)29-19/h5-12H,4H2,1-3H3,(H,25,26)/b24-11-/t12-/m1/s1. The van der Waals surface area contributed by atoms with Crippen LogP contribution in [0.15, 0.2) is 50.4 Å². The van der Waals surface area contributed by atoms with E-state index in [0.29, 0.717) is 17.1 Å². The topological polar surface area (TPSA) is 73.1 Å². The number of rotatable bonds is 7. The quantitative estimate of drug-likeness (QED) is 0.223. The second kappa shape index (κ2) is 9.62. The molecule has 2 aromatic carbocycles. The summed E-state index contributed by atoms with van der Waals surface area (Å²) in [5.74, 6) is 1.06. The average Bonchev–Trinajstić information content (AvgIpc) is 3.13. The lowest BCUT2D eigenvalue weighted by molar-refractivity contribution is 0.0929. The predicted octanol–water partition coefficient (Wildman–Crippen LogP) is 5.75. The van der Waals surface area contributed by atoms with Crippen LogP contribution in [0.2, 0.25) is 0 Å². The van der Waals surface area contributed by atoms with Gasteiger partial charge < -0.3 is 13.9 Å². The average molecular weight is 571 g/mol. The van der Waals surface area contributed by atoms with Crippen LogP contribution < -0.4 is 14.9 Å². The number of furan rings is 1. The Kier molecular flexibility index (Phi) is 7.18. The summed E-state index contributed by atoms with van der Waals surface area (Å²) in [6.45, 7) is 4.06. The molecule has 0 aliphatic carbocycles. The van der Waals surface area contributed by atoms with E-state index in [4.69, 9.17) is 13.9 Å². The minimum Gasteiger partial charge on any atom is -0.493 e. The van der Waals surface area contributed by atoms with Crippen LogP contribution in [0.4, 0.5) is 0 Å². The van der Waals surface area contributed by atoms with Gasteiger partial charge in [0, 0.05) is 9.86 Å². The fourth-order valence-corrected chi connectivity index (χ4v) is 4.23. The second-order valence-electron chi connectivity index (χ2n) is 6.36. The van der Waals surface area contributed by atoms with Crippen LogP contribution in [-0.2, 0) is 0 Å². The first-order chi connectivity index (χ1) is 13.9. The maximum absolute atomic E-state index is 12.4. The Morgan fingerprint density at radius 3 is 2.83 bits per heavy atom. The molecule has 3 aromatic rings. The van der Waals surface area contributed by atoms with E-state index in [1.54, 1.807) is 19.2 Å². The molecule has 6 nitrogen and oxygen atoms in total. The molecule has 0 radical (unpaired) electrons. The van der Waals surface area contributed by atoms with Crippen molar-refractivity contribution in [2.45, 2.75) is 26.4 Å². The Bertz CT molecular complexity index is 1060. The number of nitrogens with zero attached hydrogens (tertiary/aromatic N) is 1. The Labute approximate surface area is 190 Å². The number of carbonyl (C=O) groups excluding carboxylic acids is 1. The number of halogens is 2. The molecule has 0 saturated heterocycles. The highest BCUT2D eigenvalue weighted by Gasteiger charge is 2.14. The van der Waals surface area contributed by atoms with Crippen LogP contribution in [0.3, 0.4) is 0 Å². The van der Waals surface area contributed by atoms with Crippen LogP contribution >= 0.6 is 38.5 Å². The Morgan fingerprint density at radius 2 is 2.10 bits per heavy atom. The summed E-state index contributed by atoms with van der Waals surface area (Å²) < 4.78 is 18.7. The lowest BCUT2D eigenvalue weighted by Crippen LogP contribution is -2.16. The van der Waals surface area contributed by atoms with Gasteiger partial charge in [-0.2, -0.15) is 5.10 Å². The zero-order valence-electron chi connectivity index (χ0n) is 16.2. The molecule has 0 spiro atoms. The first kappa shape index (κ1) is 21.6. The minimum atomic E-state index is -0.423. The Hall–Kier alpha value is -2.07. The van der Waals surface area contributed by atoms with Crippen molar-refractivity contribution in [2.75, 3.05) is 7.11 Å². The highest BCUT2D eigenvalue weighted by molar-refractivity contribution is 14.1. The normalized spacial score (nSPS) is 12.3. The molecule has 8 heteroatoms. The fraction of sp³-hybridized carbons (Fsp3) is 0.238. The van der Waals surface area contributed by atoms with Gasteiger partial charge in [0.1, 0.15) is 5.58 Å². The number of nitrogens with one attached hydrogen (secondary N) is 1. The van der Waals surface area contributed by atoms with E-state index in [9.17, 15) is 4.79 Å². The van der Waals surface area contributed by atoms with Gasteiger partial charge in [-0.1, -0.05) is 22.9 Å². The third-order valence-electron chi connectivity index (χ3n) is 4.23. The number of fused-ring (bicyclic) bond motifs is 1. The second-order valence-corrected chi connectivity index (χ2v) is 8.44. The van der Waals surface area contributed by atoms with Crippen LogP contribution in [-0.4, -0.2) is 25.3 Å². The van der Waals surface area contributed by atoms with Crippen molar-refractivity contribution < 1.29 is 18.7 Å². The first-order valence-electron chi connectivity index (χ1n) is 8.98. The van der Waals surface area contributed by atoms with Crippen LogP contribution in [0.1, 0.15) is 36.4 Å². The third-order valence-corrected chi connectivity index (χ3v) is 5.49. The zero-order chi connectivity index (χ0) is 21.0. The summed E-state index contributed by atoms with van der Waals surface area (Å²) in [7, 11) is 1.59. The summed E-state index contributed by atoms with van der Waals surface area (Å²) in [6, 6.07) is 11.0. The van der Waals surface area contributed by atoms with Gasteiger partial charge in [0.25, 0.3) is 0 Å². The largest absolute Gasteiger partial charge is 0.493 e. The molecule has 1 heterocycles. The molecule has 3 rings (SSSR count). The lowest BCUT2D eigenvalue weighted by Gasteiger charge is -2.15. The molecular weight excluding hydrogens is 551 g/mol. The summed E-state index contributed by atoms with van der Waals surface area (Å²) in [6.07, 6.45) is 2.53. The number of carbonyl (C=O) groups is 1. The molecule has 1 aromatic heterocycles. The molecule has 29 heavy (non-hydrogen) atoms. The van der Waals surface area contributed by atoms with E-state index >= 15 is 0 Å². The summed E-state index contributed by atoms with van der Waals surface area (Å²) >= 11 is 5.61. The molecule has 0 unspecified atom stereocenters. The van der Waals surface area contributed by atoms with Gasteiger partial charge in [-0.3, -0.25) is 4.79 Å². The van der Waals surface area contributed by atoms with Crippen molar-refractivity contribution in [1.29, 1.82) is 0 Å². The molecule has 0 aliphatic heterocycles. The molecule has 0 aliphatic rings. The molecule has 152 valence electrons. The number of hydrogen-bond acceptors (Lipinski definition) is 5. The van der Waals surface area contributed by atoms with Crippen LogP contribution in [0, 0.1) is 3.57 Å². The molecule has 0 bridgehead atoms. The van der Waals surface area contributed by atoms with Gasteiger partial charge >= 0.3 is 5.91 Å². The lowest BCUT2D eigenvalue weighted by atomic mass is 10.2. The van der Waals surface area contributed by atoms with E-state index in [2.05, 4.69) is 56.0 Å². The van der Waals surface area contributed by atoms with Crippen molar-refractivity contribution in [1.82, 2.24) is 5.43 Å². The highest BCUT2D eigenvalue weighted by atomic mass is 127. The van der Waals surface area contributed by atoms with Gasteiger partial charge in [0.05, 0.1) is 23.0 Å². The van der Waals surface area contributed by atoms with Crippen molar-refractivity contribution in [2.24, 2.45) is 5.10 Å². The van der Waals surface area contributed by atoms with Gasteiger partial charge in [0.2, 0.25) is 0 Å². The number of methoxy groups -OCH3 is 1. The van der Waals surface area contributed by atoms with Crippen molar-refractivity contribution >= 4 is 61.6 Å². The smallest absolute Gasteiger partial charge is 0.307 e. The molecule has 1 amide bonds. The first-order valence-corrected chi connectivity index (χ1v) is 10.8. The van der Waals surface area contributed by atoms with E-state index in [-0.39, 0.29) is 11.9 Å². The minimum absolute atomic E-state index is 0.0928. The fourth-order valence-electron chi connectivity index (χ4n) is 2.57. The maximum Gasteiger partial charge on any atom is 0.307 e. The van der Waals surface area contributed by atoms with Crippen molar-refractivity contribution in [3.05, 3.63) is 55.8 Å². The van der Waals surface area contributed by atoms with Gasteiger partial charge in [-0.05, 0) is 77.9 Å². The van der Waals surface area contributed by atoms with Crippen molar-refractivity contribution in [3.8, 4) is 11.5 Å². The Morgan fingerprint density at radius 1 is 1.31 bits per heavy atom. The molecule has 0 fully saturated rings. The number of hydrogen-bond donors (Lipinski definition) is 1. The molecule has 0 saturated carbocycles. The van der Waals surface area contributed by atoms with Crippen molar-refractivity contribution in [3.63, 3.8) is 0 Å². The monoisotopic (exact) mass is 570 g/mol. The maximum atomic E-state index is 12.4. The van der Waals surface area contributed by atoms with E-state index in [0.717, 1.165) is 25.4 Å². The molecule has 1 atom stereocenters. The summed E-state index contributed by atoms with van der Waals surface area (Å²) in [5, 5.41) is 4.87. The number of hydrazone groups is 1. The van der Waals surface area contributed by atoms with Crippen LogP contribution in [0.5, 0.6) is 11.5 Å². The van der Waals surface area contributed by atoms with E-state index < -0.39 is 5.91 Å². The summed E-state index contributed by atoms with van der Waals surface area (Å²) in [4.78, 5) is 12.4. The molecule has 1 N–H and O–H groups in total. The van der Waals surface area contributed by atoms with E-state index in [1.807, 2.05) is 31.2 Å². The van der Waals surface area contributed by atoms with Gasteiger partial charge in [-0.25, -0.2) is 5.43 Å². The summed E-state index contributed by atoms with van der Waals surface area (Å²) in [5.41, 5.74) is 3.92. The van der Waals surface area contributed by atoms with Crippen LogP contribution in [0.25, 0.3) is 11.0 Å². The number of amides is 1. The van der Waals surface area contributed by atoms with Gasteiger partial charge in [0.15, 0.2) is 17.3 Å². The SMILES string of the molecule is CC[C@@H](C)Oc1ccc(/C=N\NC(=O)c2cc3cc(Br)cc(I)c3o2)cc1OC. The number of benzene rings is 2. The molecular formula is C21H20BrIN2O4. The predicted molar refractivity (Wildman–Crippen MR) is 125 cm³/mol. The van der Waals surface area contributed by atoms with E-state index in [1.165, 1.54) is 6.21 Å².